The van der Waals surface area contributed by atoms with Gasteiger partial charge in [0.2, 0.25) is 0 Å². The molecule has 3 aromatic rings. The number of rotatable bonds is 6. The quantitative estimate of drug-likeness (QED) is 0.573. The predicted octanol–water partition coefficient (Wildman–Crippen LogP) is 3.65. The summed E-state index contributed by atoms with van der Waals surface area (Å²) in [4.78, 5) is 16.0. The number of urea groups is 1. The maximum Gasteiger partial charge on any atom is 0.319 e. The summed E-state index contributed by atoms with van der Waals surface area (Å²) in [5, 5.41) is 5.31. The molecule has 29 heavy (non-hydrogen) atoms. The number of amides is 2. The molecule has 9 heteroatoms. The van der Waals surface area contributed by atoms with Crippen LogP contribution in [-0.4, -0.2) is 19.4 Å². The highest BCUT2D eigenvalue weighted by Crippen LogP contribution is 2.21. The third kappa shape index (κ3) is 5.52. The van der Waals surface area contributed by atoms with Crippen molar-refractivity contribution in [3.8, 4) is 0 Å². The Morgan fingerprint density at radius 3 is 2.52 bits per heavy atom. The van der Waals surface area contributed by atoms with Crippen LogP contribution in [0.2, 0.25) is 0 Å². The summed E-state index contributed by atoms with van der Waals surface area (Å²) < 4.78 is 40.7. The SMILES string of the molecule is Cc1cc(F)ccc1NS(=O)(=O)c1ccc(NC(=O)NCc2cccnc2)cc1. The monoisotopic (exact) mass is 414 g/mol. The summed E-state index contributed by atoms with van der Waals surface area (Å²) in [6.07, 6.45) is 3.29. The average Bonchev–Trinajstić information content (AvgIpc) is 2.70. The van der Waals surface area contributed by atoms with E-state index in [0.717, 1.165) is 5.56 Å². The Morgan fingerprint density at radius 2 is 1.86 bits per heavy atom. The second-order valence-electron chi connectivity index (χ2n) is 6.26. The number of aryl methyl sites for hydroxylation is 1. The fourth-order valence-corrected chi connectivity index (χ4v) is 3.65. The van der Waals surface area contributed by atoms with Crippen LogP contribution in [0.1, 0.15) is 11.1 Å². The second kappa shape index (κ2) is 8.70. The van der Waals surface area contributed by atoms with Crippen molar-refractivity contribution in [2.75, 3.05) is 10.0 Å². The smallest absolute Gasteiger partial charge is 0.319 e. The van der Waals surface area contributed by atoms with Gasteiger partial charge in [0.05, 0.1) is 10.6 Å². The first-order valence-electron chi connectivity index (χ1n) is 8.66. The van der Waals surface area contributed by atoms with Gasteiger partial charge in [-0.2, -0.15) is 0 Å². The van der Waals surface area contributed by atoms with Crippen LogP contribution in [0.3, 0.4) is 0 Å². The van der Waals surface area contributed by atoms with Gasteiger partial charge < -0.3 is 10.6 Å². The van der Waals surface area contributed by atoms with E-state index in [1.54, 1.807) is 25.4 Å². The minimum absolute atomic E-state index is 0.0162. The van der Waals surface area contributed by atoms with Gasteiger partial charge in [0.15, 0.2) is 0 Å². The number of carbonyl (C=O) groups is 1. The lowest BCUT2D eigenvalue weighted by Gasteiger charge is -2.12. The van der Waals surface area contributed by atoms with Gasteiger partial charge in [0.1, 0.15) is 5.82 Å². The van der Waals surface area contributed by atoms with Crippen molar-refractivity contribution in [1.29, 1.82) is 0 Å². The van der Waals surface area contributed by atoms with Crippen LogP contribution in [0.4, 0.5) is 20.6 Å². The van der Waals surface area contributed by atoms with Crippen molar-refractivity contribution in [2.24, 2.45) is 0 Å². The maximum absolute atomic E-state index is 13.2. The van der Waals surface area contributed by atoms with Crippen LogP contribution in [-0.2, 0) is 16.6 Å². The summed E-state index contributed by atoms with van der Waals surface area (Å²) in [6, 6.07) is 12.7. The fourth-order valence-electron chi connectivity index (χ4n) is 2.52. The maximum atomic E-state index is 13.2. The van der Waals surface area contributed by atoms with Crippen LogP contribution in [0, 0.1) is 12.7 Å². The lowest BCUT2D eigenvalue weighted by molar-refractivity contribution is 0.251. The van der Waals surface area contributed by atoms with Gasteiger partial charge >= 0.3 is 6.03 Å². The minimum Gasteiger partial charge on any atom is -0.334 e. The topological polar surface area (TPSA) is 100 Å². The molecule has 0 radical (unpaired) electrons. The average molecular weight is 414 g/mol. The van der Waals surface area contributed by atoms with Crippen molar-refractivity contribution in [2.45, 2.75) is 18.4 Å². The number of carbonyl (C=O) groups excluding carboxylic acids is 1. The lowest BCUT2D eigenvalue weighted by Crippen LogP contribution is -2.28. The van der Waals surface area contributed by atoms with Crippen molar-refractivity contribution in [1.82, 2.24) is 10.3 Å². The largest absolute Gasteiger partial charge is 0.334 e. The number of halogens is 1. The number of nitrogens with zero attached hydrogens (tertiary/aromatic N) is 1. The molecule has 0 spiro atoms. The van der Waals surface area contributed by atoms with E-state index in [4.69, 9.17) is 0 Å². The molecule has 0 aliphatic heterocycles. The highest BCUT2D eigenvalue weighted by molar-refractivity contribution is 7.92. The van der Waals surface area contributed by atoms with E-state index in [-0.39, 0.29) is 4.90 Å². The van der Waals surface area contributed by atoms with Gasteiger partial charge in [-0.1, -0.05) is 6.07 Å². The summed E-state index contributed by atoms with van der Waals surface area (Å²) in [6.45, 7) is 1.92. The van der Waals surface area contributed by atoms with Gasteiger partial charge in [-0.25, -0.2) is 17.6 Å². The Labute approximate surface area is 168 Å². The van der Waals surface area contributed by atoms with Crippen molar-refractivity contribution in [3.63, 3.8) is 0 Å². The number of pyridine rings is 1. The zero-order valence-electron chi connectivity index (χ0n) is 15.5. The van der Waals surface area contributed by atoms with Crippen molar-refractivity contribution >= 4 is 27.4 Å². The van der Waals surface area contributed by atoms with Crippen LogP contribution >= 0.6 is 0 Å². The molecule has 1 heterocycles. The van der Waals surface area contributed by atoms with E-state index in [9.17, 15) is 17.6 Å². The summed E-state index contributed by atoms with van der Waals surface area (Å²) in [7, 11) is -3.85. The number of hydrogen-bond acceptors (Lipinski definition) is 4. The number of benzene rings is 2. The van der Waals surface area contributed by atoms with Crippen LogP contribution < -0.4 is 15.4 Å². The first kappa shape index (κ1) is 20.3. The molecular formula is C20H19FN4O3S. The molecule has 0 atom stereocenters. The Hall–Kier alpha value is -3.46. The molecule has 2 aromatic carbocycles. The van der Waals surface area contributed by atoms with Crippen LogP contribution in [0.5, 0.6) is 0 Å². The van der Waals surface area contributed by atoms with Crippen LogP contribution in [0.15, 0.2) is 71.9 Å². The zero-order valence-corrected chi connectivity index (χ0v) is 16.3. The van der Waals surface area contributed by atoms with Crippen LogP contribution in [0.25, 0.3) is 0 Å². The molecule has 0 aliphatic carbocycles. The fraction of sp³-hybridized carbons (Fsp3) is 0.100. The molecule has 150 valence electrons. The standard InChI is InChI=1S/C20H19FN4O3S/c1-14-11-16(21)4-9-19(14)25-29(27,28)18-7-5-17(6-8-18)24-20(26)23-13-15-3-2-10-22-12-15/h2-12,25H,13H2,1H3,(H2,23,24,26). The lowest BCUT2D eigenvalue weighted by atomic mass is 10.2. The summed E-state index contributed by atoms with van der Waals surface area (Å²) in [5.74, 6) is -0.442. The van der Waals surface area contributed by atoms with Gasteiger partial charge in [0.25, 0.3) is 10.0 Å². The molecular weight excluding hydrogens is 395 g/mol. The van der Waals surface area contributed by atoms with Crippen molar-refractivity contribution < 1.29 is 17.6 Å². The Morgan fingerprint density at radius 1 is 1.10 bits per heavy atom. The van der Waals surface area contributed by atoms with Gasteiger partial charge in [-0.15, -0.1) is 0 Å². The molecule has 0 aliphatic rings. The summed E-state index contributed by atoms with van der Waals surface area (Å²) in [5.41, 5.74) is 2.05. The molecule has 0 unspecified atom stereocenters. The number of hydrogen-bond donors (Lipinski definition) is 3. The van der Waals surface area contributed by atoms with E-state index in [1.807, 2.05) is 6.07 Å². The number of aromatic nitrogens is 1. The van der Waals surface area contributed by atoms with E-state index in [2.05, 4.69) is 20.3 Å². The van der Waals surface area contributed by atoms with Gasteiger partial charge in [-0.05, 0) is 66.6 Å². The first-order chi connectivity index (χ1) is 13.8. The number of nitrogens with one attached hydrogen (secondary N) is 3. The Kier molecular flexibility index (Phi) is 6.08. The second-order valence-corrected chi connectivity index (χ2v) is 7.94. The predicted molar refractivity (Wildman–Crippen MR) is 108 cm³/mol. The first-order valence-corrected chi connectivity index (χ1v) is 10.1. The number of sulfonamides is 1. The molecule has 0 fully saturated rings. The highest BCUT2D eigenvalue weighted by Gasteiger charge is 2.15. The zero-order chi connectivity index (χ0) is 20.9. The molecule has 0 saturated carbocycles. The highest BCUT2D eigenvalue weighted by atomic mass is 32.2. The molecule has 1 aromatic heterocycles. The van der Waals surface area contributed by atoms with E-state index >= 15 is 0 Å². The molecule has 7 nitrogen and oxygen atoms in total. The minimum atomic E-state index is -3.85. The molecule has 3 rings (SSSR count). The van der Waals surface area contributed by atoms with Gasteiger partial charge in [0, 0.05) is 24.6 Å². The molecule has 2 amide bonds. The Balaban J connectivity index is 1.62. The van der Waals surface area contributed by atoms with E-state index in [1.165, 1.54) is 42.5 Å². The summed E-state index contributed by atoms with van der Waals surface area (Å²) >= 11 is 0. The molecule has 3 N–H and O–H groups in total. The third-order valence-electron chi connectivity index (χ3n) is 4.03. The number of anilines is 2. The van der Waals surface area contributed by atoms with E-state index < -0.39 is 21.9 Å². The third-order valence-corrected chi connectivity index (χ3v) is 5.41. The van der Waals surface area contributed by atoms with Gasteiger partial charge in [-0.3, -0.25) is 9.71 Å². The molecule has 0 saturated heterocycles. The molecule has 0 bridgehead atoms. The normalized spacial score (nSPS) is 11.0. The Bertz CT molecular complexity index is 1100. The van der Waals surface area contributed by atoms with Crippen molar-refractivity contribution in [3.05, 3.63) is 83.9 Å². The van der Waals surface area contributed by atoms with E-state index in [0.29, 0.717) is 23.5 Å².